The highest BCUT2D eigenvalue weighted by Gasteiger charge is 2.41. The van der Waals surface area contributed by atoms with E-state index in [1.54, 1.807) is 6.07 Å². The molecule has 0 amide bonds. The fourth-order valence-electron chi connectivity index (χ4n) is 3.99. The van der Waals surface area contributed by atoms with Crippen LogP contribution in [-0.4, -0.2) is 10.9 Å². The van der Waals surface area contributed by atoms with Gasteiger partial charge in [0.15, 0.2) is 5.78 Å². The maximum Gasteiger partial charge on any atom is 0.169 e. The number of hydrogen-bond acceptors (Lipinski definition) is 2. The number of Topliss-reactive ketones (excluding diaryl/α,β-unsaturated/α-hetero) is 1. The lowest BCUT2D eigenvalue weighted by Gasteiger charge is -2.24. The molecule has 3 rings (SSSR count). The average molecular weight is 352 g/mol. The largest absolute Gasteiger partial charge is 0.511 e. The van der Waals surface area contributed by atoms with Gasteiger partial charge in [0.05, 0.1) is 5.57 Å². The van der Waals surface area contributed by atoms with Crippen molar-refractivity contribution in [3.05, 3.63) is 76.9 Å². The minimum absolute atomic E-state index is 0.00132. The predicted octanol–water partition coefficient (Wildman–Crippen LogP) is 5.93. The van der Waals surface area contributed by atoms with Gasteiger partial charge < -0.3 is 5.11 Å². The summed E-state index contributed by atoms with van der Waals surface area (Å²) >= 11 is 0. The van der Waals surface area contributed by atoms with E-state index in [0.29, 0.717) is 11.1 Å². The minimum atomic E-state index is -0.302. The van der Waals surface area contributed by atoms with Crippen LogP contribution in [0, 0.1) is 17.7 Å². The number of benzene rings is 1. The number of rotatable bonds is 5. The lowest BCUT2D eigenvalue weighted by atomic mass is 9.80. The molecule has 0 saturated heterocycles. The Morgan fingerprint density at radius 1 is 1.35 bits per heavy atom. The van der Waals surface area contributed by atoms with Crippen molar-refractivity contribution in [2.24, 2.45) is 11.8 Å². The number of hydrogen-bond donors (Lipinski definition) is 1. The molecule has 2 nitrogen and oxygen atoms in total. The number of ketones is 1. The van der Waals surface area contributed by atoms with E-state index < -0.39 is 0 Å². The van der Waals surface area contributed by atoms with Crippen LogP contribution in [0.2, 0.25) is 0 Å². The molecule has 2 atom stereocenters. The van der Waals surface area contributed by atoms with Crippen LogP contribution in [0.1, 0.15) is 45.1 Å². The van der Waals surface area contributed by atoms with E-state index in [4.69, 9.17) is 0 Å². The number of halogens is 1. The zero-order valence-electron chi connectivity index (χ0n) is 15.4. The fraction of sp³-hybridized carbons (Fsp3) is 0.348. The zero-order valence-corrected chi connectivity index (χ0v) is 15.4. The van der Waals surface area contributed by atoms with E-state index in [1.807, 2.05) is 32.1 Å². The lowest BCUT2D eigenvalue weighted by molar-refractivity contribution is -0.119. The van der Waals surface area contributed by atoms with E-state index in [1.165, 1.54) is 12.1 Å². The van der Waals surface area contributed by atoms with Crippen molar-refractivity contribution in [2.75, 3.05) is 0 Å². The van der Waals surface area contributed by atoms with E-state index in [0.717, 1.165) is 42.4 Å². The van der Waals surface area contributed by atoms with Crippen molar-refractivity contribution in [3.8, 4) is 0 Å². The molecule has 1 aromatic rings. The minimum Gasteiger partial charge on any atom is -0.511 e. The Kier molecular flexibility index (Phi) is 5.26. The van der Waals surface area contributed by atoms with Gasteiger partial charge in [0.25, 0.3) is 0 Å². The molecule has 1 fully saturated rings. The van der Waals surface area contributed by atoms with Crippen LogP contribution in [0.3, 0.4) is 0 Å². The molecule has 26 heavy (non-hydrogen) atoms. The molecule has 0 heterocycles. The molecular weight excluding hydrogens is 327 g/mol. The summed E-state index contributed by atoms with van der Waals surface area (Å²) in [4.78, 5) is 12.9. The monoisotopic (exact) mass is 352 g/mol. The summed E-state index contributed by atoms with van der Waals surface area (Å²) in [5.41, 5.74) is 3.37. The number of carbonyl (C=O) groups excluding carboxylic acids is 1. The van der Waals surface area contributed by atoms with Crippen LogP contribution in [0.25, 0.3) is 5.57 Å². The molecule has 2 unspecified atom stereocenters. The molecule has 1 aromatic carbocycles. The quantitative estimate of drug-likeness (QED) is 0.667. The van der Waals surface area contributed by atoms with Crippen LogP contribution in [0.4, 0.5) is 4.39 Å². The number of aliphatic hydroxyl groups is 1. The SMILES string of the molecule is C=C(C)/C(=C\C(=C/CC)c1cccc(F)c1)C1=C(O)C2CCC(C2)C1=O. The molecule has 2 aliphatic carbocycles. The first-order chi connectivity index (χ1) is 12.4. The molecule has 0 aliphatic heterocycles. The molecule has 2 bridgehead atoms. The Balaban J connectivity index is 2.12. The van der Waals surface area contributed by atoms with Crippen LogP contribution in [0.5, 0.6) is 0 Å². The van der Waals surface area contributed by atoms with Gasteiger partial charge in [-0.3, -0.25) is 4.79 Å². The maximum atomic E-state index is 13.7. The number of carbonyl (C=O) groups is 1. The van der Waals surface area contributed by atoms with Gasteiger partial charge in [-0.15, -0.1) is 0 Å². The van der Waals surface area contributed by atoms with E-state index >= 15 is 0 Å². The molecule has 0 spiro atoms. The van der Waals surface area contributed by atoms with Crippen molar-refractivity contribution >= 4 is 11.4 Å². The summed E-state index contributed by atoms with van der Waals surface area (Å²) in [6, 6.07) is 6.41. The fourth-order valence-corrected chi connectivity index (χ4v) is 3.99. The van der Waals surface area contributed by atoms with Gasteiger partial charge in [0.1, 0.15) is 11.6 Å². The highest BCUT2D eigenvalue weighted by molar-refractivity contribution is 6.04. The van der Waals surface area contributed by atoms with Gasteiger partial charge in [-0.1, -0.05) is 37.3 Å². The van der Waals surface area contributed by atoms with Crippen molar-refractivity contribution < 1.29 is 14.3 Å². The molecule has 0 radical (unpaired) electrons. The third kappa shape index (κ3) is 3.44. The van der Waals surface area contributed by atoms with Gasteiger partial charge in [0, 0.05) is 11.8 Å². The first kappa shape index (κ1) is 18.4. The summed E-state index contributed by atoms with van der Waals surface area (Å²) < 4.78 is 13.7. The van der Waals surface area contributed by atoms with Crippen molar-refractivity contribution in [2.45, 2.75) is 39.5 Å². The van der Waals surface area contributed by atoms with Crippen molar-refractivity contribution in [3.63, 3.8) is 0 Å². The smallest absolute Gasteiger partial charge is 0.169 e. The summed E-state index contributed by atoms with van der Waals surface area (Å²) in [5, 5.41) is 10.7. The topological polar surface area (TPSA) is 37.3 Å². The second-order valence-corrected chi connectivity index (χ2v) is 7.25. The molecule has 136 valence electrons. The second kappa shape index (κ2) is 7.45. The van der Waals surface area contributed by atoms with Crippen LogP contribution in [-0.2, 0) is 4.79 Å². The van der Waals surface area contributed by atoms with Crippen LogP contribution in [0.15, 0.2) is 65.5 Å². The summed E-state index contributed by atoms with van der Waals surface area (Å²) in [6.45, 7) is 7.88. The van der Waals surface area contributed by atoms with Gasteiger partial charge in [-0.25, -0.2) is 4.39 Å². The first-order valence-corrected chi connectivity index (χ1v) is 9.23. The van der Waals surface area contributed by atoms with Crippen LogP contribution < -0.4 is 0 Å². The predicted molar refractivity (Wildman–Crippen MR) is 103 cm³/mol. The molecule has 2 aliphatic rings. The highest BCUT2D eigenvalue weighted by atomic mass is 19.1. The summed E-state index contributed by atoms with van der Waals surface area (Å²) in [7, 11) is 0. The molecule has 0 aromatic heterocycles. The first-order valence-electron chi connectivity index (χ1n) is 9.23. The van der Waals surface area contributed by atoms with Gasteiger partial charge in [-0.05, 0) is 67.5 Å². The third-order valence-electron chi connectivity index (χ3n) is 5.30. The second-order valence-electron chi connectivity index (χ2n) is 7.25. The molecular formula is C23H25FO2. The Morgan fingerprint density at radius 3 is 2.73 bits per heavy atom. The Bertz CT molecular complexity index is 842. The zero-order chi connectivity index (χ0) is 18.8. The maximum absolute atomic E-state index is 13.7. The molecule has 1 saturated carbocycles. The third-order valence-corrected chi connectivity index (χ3v) is 5.30. The Labute approximate surface area is 154 Å². The van der Waals surface area contributed by atoms with E-state index in [2.05, 4.69) is 6.58 Å². The van der Waals surface area contributed by atoms with Gasteiger partial charge in [-0.2, -0.15) is 0 Å². The van der Waals surface area contributed by atoms with E-state index in [9.17, 15) is 14.3 Å². The van der Waals surface area contributed by atoms with Crippen molar-refractivity contribution in [1.29, 1.82) is 0 Å². The standard InChI is InChI=1S/C23H25FO2/c1-4-6-15(16-7-5-8-19(24)12-16)13-20(14(2)3)21-22(25)17-9-10-18(11-17)23(21)26/h5-8,12-13,17-18,25H,2,4,9-11H2,1,3H3/b15-6+,20-13+. The molecule has 3 heteroatoms. The Hall–Kier alpha value is -2.42. The van der Waals surface area contributed by atoms with E-state index in [-0.39, 0.29) is 29.2 Å². The lowest BCUT2D eigenvalue weighted by Crippen LogP contribution is -2.23. The number of aliphatic hydroxyl groups excluding tert-OH is 1. The normalized spacial score (nSPS) is 23.6. The average Bonchev–Trinajstić information content (AvgIpc) is 3.05. The van der Waals surface area contributed by atoms with Crippen LogP contribution >= 0.6 is 0 Å². The Morgan fingerprint density at radius 2 is 2.08 bits per heavy atom. The number of allylic oxidation sites excluding steroid dienone is 7. The number of fused-ring (bicyclic) bond motifs is 2. The summed E-state index contributed by atoms with van der Waals surface area (Å²) in [5.74, 6) is -0.0121. The summed E-state index contributed by atoms with van der Waals surface area (Å²) in [6.07, 6.45) is 7.08. The van der Waals surface area contributed by atoms with Crippen molar-refractivity contribution in [1.82, 2.24) is 0 Å². The highest BCUT2D eigenvalue weighted by Crippen LogP contribution is 2.45. The van der Waals surface area contributed by atoms with Gasteiger partial charge >= 0.3 is 0 Å². The van der Waals surface area contributed by atoms with Gasteiger partial charge in [0.2, 0.25) is 0 Å². The molecule has 1 N–H and O–H groups in total.